The molecule has 0 amide bonds. The Hall–Kier alpha value is -7.68. The van der Waals surface area contributed by atoms with E-state index in [1.165, 1.54) is 87.9 Å². The summed E-state index contributed by atoms with van der Waals surface area (Å²) in [6.07, 6.45) is 0. The van der Waals surface area contributed by atoms with Crippen molar-refractivity contribution in [1.82, 2.24) is 4.57 Å². The minimum absolute atomic E-state index is 1.11. The first-order valence-corrected chi connectivity index (χ1v) is 20.0. The summed E-state index contributed by atoms with van der Waals surface area (Å²) in [6.45, 7) is 0. The molecule has 1 aromatic heterocycles. The van der Waals surface area contributed by atoms with Gasteiger partial charge in [0.2, 0.25) is 0 Å². The van der Waals surface area contributed by atoms with Crippen LogP contribution >= 0.6 is 0 Å². The zero-order valence-electron chi connectivity index (χ0n) is 31.7. The van der Waals surface area contributed by atoms with Crippen LogP contribution in [0.3, 0.4) is 0 Å². The second-order valence-corrected chi connectivity index (χ2v) is 15.3. The topological polar surface area (TPSA) is 8.17 Å². The molecule has 0 fully saturated rings. The Morgan fingerprint density at radius 2 is 0.897 bits per heavy atom. The number of rotatable bonds is 6. The number of anilines is 3. The predicted octanol–water partition coefficient (Wildman–Crippen LogP) is 15.5. The van der Waals surface area contributed by atoms with Crippen LogP contribution in [0.1, 0.15) is 0 Å². The fraction of sp³-hybridized carbons (Fsp3) is 0. The van der Waals surface area contributed by atoms with E-state index < -0.39 is 0 Å². The lowest BCUT2D eigenvalue weighted by Crippen LogP contribution is -2.10. The molecule has 0 atom stereocenters. The van der Waals surface area contributed by atoms with Gasteiger partial charge in [-0.3, -0.25) is 0 Å². The highest BCUT2D eigenvalue weighted by atomic mass is 15.1. The quantitative estimate of drug-likeness (QED) is 0.165. The van der Waals surface area contributed by atoms with Gasteiger partial charge >= 0.3 is 0 Å². The van der Waals surface area contributed by atoms with Gasteiger partial charge in [-0.15, -0.1) is 0 Å². The Labute approximate surface area is 337 Å². The van der Waals surface area contributed by atoms with Crippen molar-refractivity contribution in [3.63, 3.8) is 0 Å². The minimum Gasteiger partial charge on any atom is -0.310 e. The Morgan fingerprint density at radius 1 is 0.310 bits per heavy atom. The fourth-order valence-corrected chi connectivity index (χ4v) is 9.44. The first-order chi connectivity index (χ1) is 28.8. The monoisotopic (exact) mass is 736 g/mol. The summed E-state index contributed by atoms with van der Waals surface area (Å²) in [6, 6.07) is 79.9. The summed E-state index contributed by atoms with van der Waals surface area (Å²) in [5, 5.41) is 7.62. The fourth-order valence-electron chi connectivity index (χ4n) is 9.44. The molecule has 12 rings (SSSR count). The molecule has 58 heavy (non-hydrogen) atoms. The van der Waals surface area contributed by atoms with Gasteiger partial charge in [-0.1, -0.05) is 164 Å². The first-order valence-electron chi connectivity index (χ1n) is 20.0. The second kappa shape index (κ2) is 12.9. The summed E-state index contributed by atoms with van der Waals surface area (Å²) in [7, 11) is 0. The van der Waals surface area contributed by atoms with Crippen molar-refractivity contribution < 1.29 is 0 Å². The number of fused-ring (bicyclic) bond motifs is 8. The van der Waals surface area contributed by atoms with E-state index in [4.69, 9.17) is 0 Å². The van der Waals surface area contributed by atoms with Crippen LogP contribution in [0.15, 0.2) is 218 Å². The van der Waals surface area contributed by atoms with Gasteiger partial charge in [0.1, 0.15) is 0 Å². The van der Waals surface area contributed by atoms with Gasteiger partial charge in [-0.2, -0.15) is 0 Å². The van der Waals surface area contributed by atoms with E-state index in [0.717, 1.165) is 22.7 Å². The van der Waals surface area contributed by atoms with Gasteiger partial charge in [0.15, 0.2) is 0 Å². The van der Waals surface area contributed by atoms with Crippen LogP contribution in [-0.4, -0.2) is 4.57 Å². The highest BCUT2D eigenvalue weighted by Crippen LogP contribution is 2.50. The molecule has 0 aliphatic heterocycles. The van der Waals surface area contributed by atoms with Crippen LogP contribution in [-0.2, 0) is 0 Å². The van der Waals surface area contributed by atoms with Gasteiger partial charge < -0.3 is 9.47 Å². The van der Waals surface area contributed by atoms with E-state index in [1.807, 2.05) is 0 Å². The van der Waals surface area contributed by atoms with Crippen LogP contribution in [0.25, 0.3) is 93.5 Å². The van der Waals surface area contributed by atoms with Crippen molar-refractivity contribution in [1.29, 1.82) is 0 Å². The normalized spacial score (nSPS) is 11.8. The zero-order chi connectivity index (χ0) is 38.2. The van der Waals surface area contributed by atoms with Crippen molar-refractivity contribution >= 4 is 60.4 Å². The van der Waals surface area contributed by atoms with Crippen molar-refractivity contribution in [2.24, 2.45) is 0 Å². The molecule has 11 aromatic rings. The van der Waals surface area contributed by atoms with Crippen LogP contribution in [0.5, 0.6) is 0 Å². The maximum atomic E-state index is 2.44. The van der Waals surface area contributed by atoms with E-state index in [2.05, 4.69) is 228 Å². The summed E-state index contributed by atoms with van der Waals surface area (Å²) < 4.78 is 2.44. The molecule has 0 saturated carbocycles. The third-order valence-corrected chi connectivity index (χ3v) is 12.1. The average Bonchev–Trinajstić information content (AvgIpc) is 3.81. The Morgan fingerprint density at radius 3 is 1.69 bits per heavy atom. The van der Waals surface area contributed by atoms with Crippen LogP contribution in [0, 0.1) is 0 Å². The first kappa shape index (κ1) is 32.6. The highest BCUT2D eigenvalue weighted by Gasteiger charge is 2.24. The molecule has 0 spiro atoms. The summed E-state index contributed by atoms with van der Waals surface area (Å²) >= 11 is 0. The molecule has 10 aromatic carbocycles. The van der Waals surface area contributed by atoms with Gasteiger partial charge in [0, 0.05) is 38.9 Å². The van der Waals surface area contributed by atoms with Gasteiger partial charge in [-0.25, -0.2) is 0 Å². The number of hydrogen-bond acceptors (Lipinski definition) is 1. The molecule has 2 nitrogen and oxygen atoms in total. The molecule has 0 N–H and O–H groups in total. The lowest BCUT2D eigenvalue weighted by atomic mass is 10.00. The number of hydrogen-bond donors (Lipinski definition) is 0. The van der Waals surface area contributed by atoms with E-state index in [1.54, 1.807) is 0 Å². The molecule has 1 aliphatic carbocycles. The van der Waals surface area contributed by atoms with Crippen molar-refractivity contribution in [2.75, 3.05) is 4.90 Å². The van der Waals surface area contributed by atoms with Crippen molar-refractivity contribution in [3.8, 4) is 50.2 Å². The molecule has 0 bridgehead atoms. The van der Waals surface area contributed by atoms with E-state index in [-0.39, 0.29) is 0 Å². The lowest BCUT2D eigenvalue weighted by molar-refractivity contribution is 1.19. The molecule has 270 valence electrons. The van der Waals surface area contributed by atoms with Gasteiger partial charge in [0.25, 0.3) is 0 Å². The average molecular weight is 737 g/mol. The second-order valence-electron chi connectivity index (χ2n) is 15.3. The number of para-hydroxylation sites is 1. The van der Waals surface area contributed by atoms with Crippen LogP contribution < -0.4 is 4.90 Å². The molecule has 1 heterocycles. The predicted molar refractivity (Wildman–Crippen MR) is 246 cm³/mol. The van der Waals surface area contributed by atoms with Gasteiger partial charge in [-0.05, 0) is 115 Å². The third-order valence-electron chi connectivity index (χ3n) is 12.1. The SMILES string of the molecule is c1ccc(-c2ccc(N(c3ccc(-c4cccc(-n5c6ccccc6c6ccc7ccccc7c65)c4)cc3)c3cc4c5c(cccc5c3)-c3ccccc3-4)cc2)cc1. The van der Waals surface area contributed by atoms with Crippen molar-refractivity contribution in [2.45, 2.75) is 0 Å². The van der Waals surface area contributed by atoms with E-state index >= 15 is 0 Å². The van der Waals surface area contributed by atoms with Crippen LogP contribution in [0.4, 0.5) is 17.1 Å². The molecule has 1 aliphatic rings. The molecule has 0 radical (unpaired) electrons. The number of benzene rings is 10. The minimum atomic E-state index is 1.11. The molecule has 0 unspecified atom stereocenters. The largest absolute Gasteiger partial charge is 0.310 e. The van der Waals surface area contributed by atoms with E-state index in [9.17, 15) is 0 Å². The smallest absolute Gasteiger partial charge is 0.0619 e. The maximum absolute atomic E-state index is 2.44. The summed E-state index contributed by atoms with van der Waals surface area (Å²) in [4.78, 5) is 2.40. The number of aromatic nitrogens is 1. The molecular formula is C56H36N2. The maximum Gasteiger partial charge on any atom is 0.0619 e. The lowest BCUT2D eigenvalue weighted by Gasteiger charge is -2.27. The summed E-state index contributed by atoms with van der Waals surface area (Å²) in [5.74, 6) is 0. The third kappa shape index (κ3) is 5.05. The summed E-state index contributed by atoms with van der Waals surface area (Å²) in [5.41, 5.74) is 16.9. The van der Waals surface area contributed by atoms with Crippen LogP contribution in [0.2, 0.25) is 0 Å². The standard InChI is InChI=1S/C56H36N2/c1-2-12-37(13-3-1)38-24-29-43(30-25-38)57(46-35-42-16-11-22-51-48-19-6-7-20-49(48)53(36-46)55(42)51)44-31-26-39(27-32-44)41-15-10-17-45(34-41)58-54-23-9-8-21-50(54)52-33-28-40-14-4-5-18-47(40)56(52)58/h1-36H. The molecular weight excluding hydrogens is 701 g/mol. The molecule has 0 saturated heterocycles. The zero-order valence-corrected chi connectivity index (χ0v) is 31.7. The Balaban J connectivity index is 0.986. The Bertz CT molecular complexity index is 3370. The Kier molecular flexibility index (Phi) is 7.26. The molecule has 2 heteroatoms. The van der Waals surface area contributed by atoms with E-state index in [0.29, 0.717) is 0 Å². The van der Waals surface area contributed by atoms with Gasteiger partial charge in [0.05, 0.1) is 11.0 Å². The number of nitrogens with zero attached hydrogens (tertiary/aromatic N) is 2. The highest BCUT2D eigenvalue weighted by molar-refractivity contribution is 6.19. The van der Waals surface area contributed by atoms with Crippen molar-refractivity contribution in [3.05, 3.63) is 218 Å².